The van der Waals surface area contributed by atoms with E-state index in [1.807, 2.05) is 6.92 Å². The number of anilines is 2. The van der Waals surface area contributed by atoms with E-state index >= 15 is 0 Å². The van der Waals surface area contributed by atoms with E-state index < -0.39 is 18.5 Å². The normalized spacial score (nSPS) is 10.3. The third-order valence-electron chi connectivity index (χ3n) is 3.98. The molecule has 0 aliphatic carbocycles. The molecule has 2 aromatic rings. The van der Waals surface area contributed by atoms with Crippen LogP contribution in [0, 0.1) is 6.92 Å². The summed E-state index contributed by atoms with van der Waals surface area (Å²) >= 11 is 9.42. The highest BCUT2D eigenvalue weighted by Crippen LogP contribution is 2.30. The highest BCUT2D eigenvalue weighted by atomic mass is 79.9. The van der Waals surface area contributed by atoms with Gasteiger partial charge in [0.1, 0.15) is 5.75 Å². The van der Waals surface area contributed by atoms with Crippen molar-refractivity contribution in [3.05, 3.63) is 51.5 Å². The van der Waals surface area contributed by atoms with Crippen LogP contribution in [0.4, 0.5) is 11.4 Å². The Morgan fingerprint density at radius 2 is 1.70 bits per heavy atom. The van der Waals surface area contributed by atoms with Crippen LogP contribution in [0.2, 0.25) is 5.02 Å². The van der Waals surface area contributed by atoms with Gasteiger partial charge in [0.2, 0.25) is 5.91 Å². The molecule has 0 bridgehead atoms. The zero-order valence-electron chi connectivity index (χ0n) is 16.6. The summed E-state index contributed by atoms with van der Waals surface area (Å²) in [5.41, 5.74) is 1.82. The number of nitrogens with one attached hydrogen (secondary N) is 2. The highest BCUT2D eigenvalue weighted by molar-refractivity contribution is 9.10. The Morgan fingerprint density at radius 1 is 1.00 bits per heavy atom. The molecule has 0 aliphatic heterocycles. The second kappa shape index (κ2) is 11.6. The molecule has 0 heterocycles. The zero-order valence-corrected chi connectivity index (χ0v) is 18.9. The molecule has 30 heavy (non-hydrogen) atoms. The van der Waals surface area contributed by atoms with Crippen molar-refractivity contribution in [2.45, 2.75) is 26.7 Å². The van der Waals surface area contributed by atoms with E-state index in [2.05, 4.69) is 26.6 Å². The maximum atomic E-state index is 12.0. The Hall–Kier alpha value is -2.58. The van der Waals surface area contributed by atoms with Gasteiger partial charge in [-0.15, -0.1) is 0 Å². The van der Waals surface area contributed by atoms with E-state index in [1.165, 1.54) is 0 Å². The summed E-state index contributed by atoms with van der Waals surface area (Å²) in [6.45, 7) is 3.75. The van der Waals surface area contributed by atoms with E-state index in [-0.39, 0.29) is 18.7 Å². The first-order valence-corrected chi connectivity index (χ1v) is 10.4. The minimum absolute atomic E-state index is 0.0604. The molecule has 0 unspecified atom stereocenters. The first kappa shape index (κ1) is 23.7. The monoisotopic (exact) mass is 496 g/mol. The van der Waals surface area contributed by atoms with Crippen LogP contribution in [0.1, 0.15) is 25.3 Å². The van der Waals surface area contributed by atoms with Crippen LogP contribution < -0.4 is 15.4 Å². The fourth-order valence-electron chi connectivity index (χ4n) is 2.43. The third-order valence-corrected chi connectivity index (χ3v) is 5.36. The van der Waals surface area contributed by atoms with Crippen LogP contribution in [0.15, 0.2) is 40.9 Å². The van der Waals surface area contributed by atoms with Gasteiger partial charge in [-0.25, -0.2) is 0 Å². The zero-order chi connectivity index (χ0) is 22.1. The van der Waals surface area contributed by atoms with Crippen molar-refractivity contribution >= 4 is 56.7 Å². The highest BCUT2D eigenvalue weighted by Gasteiger charge is 2.13. The number of hydrogen-bond acceptors (Lipinski definition) is 5. The predicted molar refractivity (Wildman–Crippen MR) is 119 cm³/mol. The predicted octanol–water partition coefficient (Wildman–Crippen LogP) is 4.71. The molecule has 2 N–H and O–H groups in total. The van der Waals surface area contributed by atoms with Crippen molar-refractivity contribution in [1.29, 1.82) is 0 Å². The number of esters is 1. The van der Waals surface area contributed by atoms with E-state index in [4.69, 9.17) is 21.1 Å². The van der Waals surface area contributed by atoms with Crippen LogP contribution in [0.3, 0.4) is 0 Å². The van der Waals surface area contributed by atoms with Gasteiger partial charge < -0.3 is 20.1 Å². The average molecular weight is 498 g/mol. The van der Waals surface area contributed by atoms with E-state index in [0.717, 1.165) is 4.47 Å². The maximum absolute atomic E-state index is 12.0. The number of benzene rings is 2. The number of hydrogen-bond donors (Lipinski definition) is 2. The number of halogens is 2. The Balaban J connectivity index is 1.72. The lowest BCUT2D eigenvalue weighted by Crippen LogP contribution is -2.22. The van der Waals surface area contributed by atoms with Crippen LogP contribution in [0.5, 0.6) is 5.75 Å². The number of rotatable bonds is 9. The Kier molecular flexibility index (Phi) is 9.14. The molecular weight excluding hydrogens is 476 g/mol. The third kappa shape index (κ3) is 7.35. The minimum atomic E-state index is -0.641. The summed E-state index contributed by atoms with van der Waals surface area (Å²) in [5, 5.41) is 5.81. The van der Waals surface area contributed by atoms with E-state index in [1.54, 1.807) is 43.3 Å². The van der Waals surface area contributed by atoms with Gasteiger partial charge in [0, 0.05) is 22.3 Å². The molecule has 0 spiro atoms. The van der Waals surface area contributed by atoms with Gasteiger partial charge in [-0.1, -0.05) is 11.6 Å². The second-order valence-electron chi connectivity index (χ2n) is 6.25. The lowest BCUT2D eigenvalue weighted by Gasteiger charge is -2.11. The van der Waals surface area contributed by atoms with Gasteiger partial charge in [-0.05, 0) is 71.7 Å². The van der Waals surface area contributed by atoms with Crippen LogP contribution in [0.25, 0.3) is 0 Å². The standard InChI is InChI=1S/C21H22BrClN2O5/c1-3-29-15-6-4-14(5-7-15)24-18(26)10-11-20(28)30-12-19(27)25-17-9-8-16(22)21(23)13(17)2/h4-9H,3,10-12H2,1-2H3,(H,24,26)(H,25,27). The summed E-state index contributed by atoms with van der Waals surface area (Å²) in [6.07, 6.45) is -0.200. The van der Waals surface area contributed by atoms with Crippen molar-refractivity contribution in [3.8, 4) is 5.75 Å². The Labute approximate surface area is 188 Å². The van der Waals surface area contributed by atoms with Crippen molar-refractivity contribution in [2.75, 3.05) is 23.8 Å². The summed E-state index contributed by atoms with van der Waals surface area (Å²) in [5.74, 6) is -0.764. The molecule has 2 amide bonds. The second-order valence-corrected chi connectivity index (χ2v) is 7.48. The summed E-state index contributed by atoms with van der Waals surface area (Å²) in [6, 6.07) is 10.3. The summed E-state index contributed by atoms with van der Waals surface area (Å²) < 4.78 is 11.0. The molecule has 0 radical (unpaired) electrons. The average Bonchev–Trinajstić information content (AvgIpc) is 2.73. The van der Waals surface area contributed by atoms with Gasteiger partial charge in [0.15, 0.2) is 6.61 Å². The molecule has 9 heteroatoms. The molecule has 0 atom stereocenters. The summed E-state index contributed by atoms with van der Waals surface area (Å²) in [4.78, 5) is 35.8. The molecule has 2 aromatic carbocycles. The topological polar surface area (TPSA) is 93.7 Å². The van der Waals surface area contributed by atoms with Gasteiger partial charge in [0.05, 0.1) is 18.1 Å². The maximum Gasteiger partial charge on any atom is 0.306 e. The van der Waals surface area contributed by atoms with Crippen LogP contribution >= 0.6 is 27.5 Å². The molecule has 0 aliphatic rings. The molecule has 160 valence electrons. The van der Waals surface area contributed by atoms with E-state index in [0.29, 0.717) is 34.3 Å². The van der Waals surface area contributed by atoms with E-state index in [9.17, 15) is 14.4 Å². The number of carbonyl (C=O) groups is 3. The van der Waals surface area contributed by atoms with Crippen molar-refractivity contribution in [3.63, 3.8) is 0 Å². The van der Waals surface area contributed by atoms with Crippen LogP contribution in [-0.2, 0) is 19.1 Å². The smallest absolute Gasteiger partial charge is 0.306 e. The first-order chi connectivity index (χ1) is 14.3. The number of ether oxygens (including phenoxy) is 2. The number of carbonyl (C=O) groups excluding carboxylic acids is 3. The molecule has 0 saturated heterocycles. The lowest BCUT2D eigenvalue weighted by atomic mass is 10.2. The minimum Gasteiger partial charge on any atom is -0.494 e. The largest absolute Gasteiger partial charge is 0.494 e. The summed E-state index contributed by atoms with van der Waals surface area (Å²) in [7, 11) is 0. The molecule has 7 nitrogen and oxygen atoms in total. The fourth-order valence-corrected chi connectivity index (χ4v) is 3.03. The van der Waals surface area contributed by atoms with Gasteiger partial charge >= 0.3 is 5.97 Å². The quantitative estimate of drug-likeness (QED) is 0.489. The van der Waals surface area contributed by atoms with Crippen LogP contribution in [-0.4, -0.2) is 31.0 Å². The fraction of sp³-hybridized carbons (Fsp3) is 0.286. The van der Waals surface area contributed by atoms with Crippen molar-refractivity contribution in [1.82, 2.24) is 0 Å². The van der Waals surface area contributed by atoms with Crippen molar-refractivity contribution < 1.29 is 23.9 Å². The Bertz CT molecular complexity index is 918. The Morgan fingerprint density at radius 3 is 2.37 bits per heavy atom. The molecule has 0 fully saturated rings. The van der Waals surface area contributed by atoms with Gasteiger partial charge in [0.25, 0.3) is 5.91 Å². The molecule has 2 rings (SSSR count). The lowest BCUT2D eigenvalue weighted by molar-refractivity contribution is -0.147. The first-order valence-electron chi connectivity index (χ1n) is 9.23. The molecular formula is C21H22BrClN2O5. The van der Waals surface area contributed by atoms with Gasteiger partial charge in [-0.3, -0.25) is 14.4 Å². The molecule has 0 saturated carbocycles. The van der Waals surface area contributed by atoms with Crippen molar-refractivity contribution in [2.24, 2.45) is 0 Å². The number of amides is 2. The molecule has 0 aromatic heterocycles. The van der Waals surface area contributed by atoms with Gasteiger partial charge in [-0.2, -0.15) is 0 Å². The SMILES string of the molecule is CCOc1ccc(NC(=O)CCC(=O)OCC(=O)Nc2ccc(Br)c(Cl)c2C)cc1.